The zero-order valence-electron chi connectivity index (χ0n) is 10.8. The lowest BCUT2D eigenvalue weighted by molar-refractivity contribution is -0.0838. The highest BCUT2D eigenvalue weighted by molar-refractivity contribution is 6.38. The van der Waals surface area contributed by atoms with Gasteiger partial charge in [-0.25, -0.2) is 0 Å². The molecule has 0 aromatic heterocycles. The van der Waals surface area contributed by atoms with Crippen LogP contribution in [-0.2, 0) is 0 Å². The van der Waals surface area contributed by atoms with E-state index in [0.717, 1.165) is 6.21 Å². The summed E-state index contributed by atoms with van der Waals surface area (Å²) in [5, 5.41) is -1.19. The first-order valence-corrected chi connectivity index (χ1v) is 6.48. The van der Waals surface area contributed by atoms with E-state index in [0.29, 0.717) is 11.3 Å². The van der Waals surface area contributed by atoms with E-state index in [-0.39, 0.29) is 5.57 Å². The lowest BCUT2D eigenvalue weighted by Crippen LogP contribution is -2.10. The van der Waals surface area contributed by atoms with Crippen molar-refractivity contribution in [1.82, 2.24) is 0 Å². The van der Waals surface area contributed by atoms with Gasteiger partial charge in [-0.3, -0.25) is 4.99 Å². The molecule has 21 heavy (non-hydrogen) atoms. The van der Waals surface area contributed by atoms with Gasteiger partial charge in [0.1, 0.15) is 5.03 Å². The van der Waals surface area contributed by atoms with Crippen molar-refractivity contribution in [2.45, 2.75) is 6.18 Å². The number of halogens is 4. The fourth-order valence-electron chi connectivity index (χ4n) is 1.68. The fraction of sp³-hybridized carbons (Fsp3) is 0.0625. The van der Waals surface area contributed by atoms with Gasteiger partial charge in [0.25, 0.3) is 0 Å². The van der Waals surface area contributed by atoms with Gasteiger partial charge in [-0.15, -0.1) is 0 Å². The highest BCUT2D eigenvalue weighted by atomic mass is 35.5. The highest BCUT2D eigenvalue weighted by Crippen LogP contribution is 2.34. The van der Waals surface area contributed by atoms with E-state index >= 15 is 0 Å². The normalized spacial score (nSPS) is 13.3. The molecule has 0 amide bonds. The molecule has 0 saturated heterocycles. The summed E-state index contributed by atoms with van der Waals surface area (Å²) in [4.78, 5) is 4.05. The Morgan fingerprint density at radius 1 is 0.905 bits per heavy atom. The molecule has 0 unspecified atom stereocenters. The first kappa shape index (κ1) is 15.3. The van der Waals surface area contributed by atoms with E-state index in [2.05, 4.69) is 4.99 Å². The summed E-state index contributed by atoms with van der Waals surface area (Å²) in [7, 11) is 0. The van der Waals surface area contributed by atoms with Crippen molar-refractivity contribution in [3.8, 4) is 0 Å². The van der Waals surface area contributed by atoms with Crippen molar-refractivity contribution in [3.05, 3.63) is 71.3 Å². The van der Waals surface area contributed by atoms with Crippen molar-refractivity contribution < 1.29 is 13.2 Å². The van der Waals surface area contributed by atoms with Gasteiger partial charge in [-0.2, -0.15) is 13.2 Å². The summed E-state index contributed by atoms with van der Waals surface area (Å²) in [5.74, 6) is 0. The monoisotopic (exact) mass is 309 g/mol. The van der Waals surface area contributed by atoms with Gasteiger partial charge in [-0.05, 0) is 17.7 Å². The first-order valence-electron chi connectivity index (χ1n) is 6.10. The third-order valence-electron chi connectivity index (χ3n) is 2.67. The summed E-state index contributed by atoms with van der Waals surface area (Å²) >= 11 is 5.49. The second-order valence-electron chi connectivity index (χ2n) is 4.19. The average Bonchev–Trinajstić information content (AvgIpc) is 2.48. The number of aliphatic imine (C=N–C) groups is 1. The van der Waals surface area contributed by atoms with Crippen LogP contribution in [0.3, 0.4) is 0 Å². The number of benzene rings is 2. The largest absolute Gasteiger partial charge is 0.427 e. The van der Waals surface area contributed by atoms with Gasteiger partial charge in [0.15, 0.2) is 0 Å². The number of allylic oxidation sites excluding steroid dienone is 2. The third-order valence-corrected chi connectivity index (χ3v) is 3.09. The fourth-order valence-corrected chi connectivity index (χ4v) is 1.84. The van der Waals surface area contributed by atoms with Gasteiger partial charge in [0, 0.05) is 11.8 Å². The number of hydrogen-bond donors (Lipinski definition) is 0. The number of hydrogen-bond acceptors (Lipinski definition) is 1. The minimum Gasteiger partial charge on any atom is -0.256 e. The van der Waals surface area contributed by atoms with Crippen LogP contribution in [0.4, 0.5) is 18.9 Å². The molecule has 2 aromatic carbocycles. The summed E-state index contributed by atoms with van der Waals surface area (Å²) in [5.41, 5.74) is 0.755. The highest BCUT2D eigenvalue weighted by Gasteiger charge is 2.35. The van der Waals surface area contributed by atoms with Gasteiger partial charge in [-0.1, -0.05) is 60.1 Å². The molecule has 5 heteroatoms. The smallest absolute Gasteiger partial charge is 0.256 e. The molecule has 2 rings (SSSR count). The quantitative estimate of drug-likeness (QED) is 0.654. The molecule has 108 valence electrons. The molecule has 0 spiro atoms. The van der Waals surface area contributed by atoms with Crippen molar-refractivity contribution >= 4 is 29.1 Å². The molecular formula is C16H11ClF3N. The third kappa shape index (κ3) is 4.20. The second kappa shape index (κ2) is 6.59. The number of rotatable bonds is 3. The molecule has 0 aliphatic carbocycles. The van der Waals surface area contributed by atoms with Crippen LogP contribution in [0.1, 0.15) is 5.56 Å². The maximum Gasteiger partial charge on any atom is 0.427 e. The van der Waals surface area contributed by atoms with Crippen LogP contribution in [0.25, 0.3) is 5.57 Å². The van der Waals surface area contributed by atoms with Gasteiger partial charge in [0.05, 0.1) is 5.69 Å². The standard InChI is InChI=1S/C16H11ClF3N/c17-15(16(18,19)20)14(12-7-3-1-4-8-12)11-21-13-9-5-2-6-10-13/h1-11H/b15-14-,21-11?. The number of alkyl halides is 3. The number of nitrogens with zero attached hydrogens (tertiary/aromatic N) is 1. The molecule has 0 fully saturated rings. The van der Waals surface area contributed by atoms with Crippen molar-refractivity contribution in [3.63, 3.8) is 0 Å². The Labute approximate surface area is 125 Å². The van der Waals surface area contributed by atoms with Crippen LogP contribution in [0.5, 0.6) is 0 Å². The summed E-state index contributed by atoms with van der Waals surface area (Å²) in [6.07, 6.45) is -3.48. The van der Waals surface area contributed by atoms with E-state index in [4.69, 9.17) is 11.6 Å². The predicted octanol–water partition coefficient (Wildman–Crippen LogP) is 5.60. The van der Waals surface area contributed by atoms with Crippen LogP contribution >= 0.6 is 11.6 Å². The van der Waals surface area contributed by atoms with Crippen molar-refractivity contribution in [2.24, 2.45) is 4.99 Å². The maximum absolute atomic E-state index is 12.9. The topological polar surface area (TPSA) is 12.4 Å². The van der Waals surface area contributed by atoms with E-state index in [1.807, 2.05) is 0 Å². The van der Waals surface area contributed by atoms with E-state index in [1.165, 1.54) is 0 Å². The van der Waals surface area contributed by atoms with Crippen LogP contribution in [-0.4, -0.2) is 12.4 Å². The SMILES string of the molecule is FC(F)(F)/C(Cl)=C(\C=Nc1ccccc1)c1ccccc1. The minimum absolute atomic E-state index is 0.159. The molecule has 1 nitrogen and oxygen atoms in total. The van der Waals surface area contributed by atoms with Gasteiger partial charge < -0.3 is 0 Å². The van der Waals surface area contributed by atoms with Gasteiger partial charge >= 0.3 is 6.18 Å². The summed E-state index contributed by atoms with van der Waals surface area (Å²) < 4.78 is 38.6. The predicted molar refractivity (Wildman–Crippen MR) is 79.9 cm³/mol. The average molecular weight is 310 g/mol. The summed E-state index contributed by atoms with van der Waals surface area (Å²) in [6.45, 7) is 0. The summed E-state index contributed by atoms with van der Waals surface area (Å²) in [6, 6.07) is 16.8. The Morgan fingerprint density at radius 3 is 1.95 bits per heavy atom. The van der Waals surface area contributed by atoms with Crippen LogP contribution in [0, 0.1) is 0 Å². The Morgan fingerprint density at radius 2 is 1.43 bits per heavy atom. The van der Waals surface area contributed by atoms with Crippen LogP contribution < -0.4 is 0 Å². The molecular weight excluding hydrogens is 299 g/mol. The molecule has 0 bridgehead atoms. The van der Waals surface area contributed by atoms with Crippen molar-refractivity contribution in [2.75, 3.05) is 0 Å². The van der Waals surface area contributed by atoms with Crippen LogP contribution in [0.15, 0.2) is 70.7 Å². The zero-order valence-corrected chi connectivity index (χ0v) is 11.6. The Balaban J connectivity index is 2.46. The molecule has 2 aromatic rings. The van der Waals surface area contributed by atoms with E-state index in [9.17, 15) is 13.2 Å². The molecule has 0 N–H and O–H groups in total. The molecule has 0 atom stereocenters. The lowest BCUT2D eigenvalue weighted by atomic mass is 10.1. The molecule has 0 heterocycles. The molecule has 0 saturated carbocycles. The van der Waals surface area contributed by atoms with E-state index in [1.54, 1.807) is 60.7 Å². The Kier molecular flexibility index (Phi) is 4.81. The van der Waals surface area contributed by atoms with Gasteiger partial charge in [0.2, 0.25) is 0 Å². The molecule has 0 aliphatic heterocycles. The van der Waals surface area contributed by atoms with E-state index < -0.39 is 11.2 Å². The first-order chi connectivity index (χ1) is 9.98. The van der Waals surface area contributed by atoms with Crippen LogP contribution in [0.2, 0.25) is 0 Å². The molecule has 0 radical (unpaired) electrons. The van der Waals surface area contributed by atoms with Crippen molar-refractivity contribution in [1.29, 1.82) is 0 Å². The second-order valence-corrected chi connectivity index (χ2v) is 4.56. The lowest BCUT2D eigenvalue weighted by Gasteiger charge is -2.10. The Bertz CT molecular complexity index is 646. The zero-order chi connectivity index (χ0) is 15.3. The minimum atomic E-state index is -4.62. The Hall–Kier alpha value is -2.07. The number of para-hydroxylation sites is 1. The maximum atomic E-state index is 12.9. The molecule has 0 aliphatic rings.